The third kappa shape index (κ3) is 6.24. The third-order valence-corrected chi connectivity index (χ3v) is 19.0. The van der Waals surface area contributed by atoms with Crippen LogP contribution in [0.2, 0.25) is 0 Å². The number of anilines is 2. The molecule has 0 saturated heterocycles. The van der Waals surface area contributed by atoms with Crippen LogP contribution in [0.25, 0.3) is 0 Å². The lowest BCUT2D eigenvalue weighted by Crippen LogP contribution is -2.77. The number of hydrogen-bond acceptors (Lipinski definition) is 4. The van der Waals surface area contributed by atoms with Gasteiger partial charge in [0.1, 0.15) is 5.75 Å². The summed E-state index contributed by atoms with van der Waals surface area (Å²) < 4.78 is 6.86. The van der Waals surface area contributed by atoms with E-state index in [4.69, 9.17) is 9.72 Å². The molecule has 0 unspecified atom stereocenters. The maximum atomic E-state index is 13.0. The van der Waals surface area contributed by atoms with Gasteiger partial charge in [-0.15, -0.1) is 0 Å². The van der Waals surface area contributed by atoms with E-state index in [0.717, 1.165) is 27.3 Å². The molecular weight excluding hydrogens is 707 g/mol. The Hall–Kier alpha value is -5.87. The number of hydrogen-bond donors (Lipinski definition) is 1. The number of ether oxygens (including phenoxy) is 1. The van der Waals surface area contributed by atoms with E-state index in [9.17, 15) is 4.80 Å². The number of aliphatic imine (C=N–C) groups is 1. The molecule has 0 saturated carbocycles. The summed E-state index contributed by atoms with van der Waals surface area (Å²) in [5.41, 5.74) is 4.14. The summed E-state index contributed by atoms with van der Waals surface area (Å²) in [5, 5.41) is 7.56. The van der Waals surface area contributed by atoms with Crippen molar-refractivity contribution in [3.8, 4) is 11.6 Å². The average Bonchev–Trinajstić information content (AvgIpc) is 3.21. The Labute approximate surface area is 326 Å². The Morgan fingerprint density at radius 2 is 1.24 bits per heavy atom. The molecule has 1 aromatic heterocycles. The van der Waals surface area contributed by atoms with E-state index in [2.05, 4.69) is 141 Å². The van der Waals surface area contributed by atoms with Crippen LogP contribution in [-0.2, 0) is 5.41 Å². The van der Waals surface area contributed by atoms with Gasteiger partial charge in [-0.25, -0.2) is 4.98 Å². The Morgan fingerprint density at radius 3 is 1.78 bits per heavy atom. The van der Waals surface area contributed by atoms with Gasteiger partial charge in [0.25, 0.3) is 0 Å². The number of fused-ring (bicyclic) bond motifs is 2. The predicted octanol–water partition coefficient (Wildman–Crippen LogP) is 5.93. The standard InChI is InChI=1S/C48H45N3O2Si2/c1-35-19-18-28-44-47(35)51(34-49-5)42-33-37(29-30-43(42)54(44,38-20-10-6-11-21-38)39-22-12-7-13-23-39)53-45-31-36(48(2,3)4)32-46(50-45)55(52,40-24-14-8-15-25-40)41-26-16-9-17-27-41/h6-34,52H,1-5H3. The molecule has 0 amide bonds. The number of rotatable bonds is 8. The molecule has 272 valence electrons. The van der Waals surface area contributed by atoms with Crippen LogP contribution in [0, 0.1) is 6.92 Å². The van der Waals surface area contributed by atoms with Crippen molar-refractivity contribution in [2.75, 3.05) is 11.9 Å². The van der Waals surface area contributed by atoms with Gasteiger partial charge in [0, 0.05) is 19.2 Å². The van der Waals surface area contributed by atoms with E-state index >= 15 is 0 Å². The number of pyridine rings is 1. The Balaban J connectivity index is 1.35. The summed E-state index contributed by atoms with van der Waals surface area (Å²) in [5.74, 6) is 1.10. The highest BCUT2D eigenvalue weighted by Crippen LogP contribution is 2.36. The molecular formula is C48H45N3O2Si2. The predicted molar refractivity (Wildman–Crippen MR) is 234 cm³/mol. The highest BCUT2D eigenvalue weighted by molar-refractivity contribution is 7.21. The summed E-state index contributed by atoms with van der Waals surface area (Å²) in [6, 6.07) is 59.1. The largest absolute Gasteiger partial charge is 0.439 e. The lowest BCUT2D eigenvalue weighted by molar-refractivity contribution is 0.459. The van der Waals surface area contributed by atoms with Crippen molar-refractivity contribution in [3.63, 3.8) is 0 Å². The normalized spacial score (nSPS) is 13.7. The smallest absolute Gasteiger partial charge is 0.304 e. The van der Waals surface area contributed by atoms with Crippen molar-refractivity contribution in [2.45, 2.75) is 33.1 Å². The van der Waals surface area contributed by atoms with Crippen molar-refractivity contribution in [2.24, 2.45) is 4.99 Å². The zero-order chi connectivity index (χ0) is 38.2. The fourth-order valence-corrected chi connectivity index (χ4v) is 16.2. The van der Waals surface area contributed by atoms with Crippen LogP contribution < -0.4 is 46.1 Å². The maximum Gasteiger partial charge on any atom is 0.304 e. The molecule has 2 heterocycles. The number of aromatic nitrogens is 1. The molecule has 0 radical (unpaired) electrons. The van der Waals surface area contributed by atoms with Gasteiger partial charge in [0.05, 0.1) is 23.0 Å². The first kappa shape index (κ1) is 36.1. The van der Waals surface area contributed by atoms with Crippen LogP contribution in [-0.4, -0.2) is 39.6 Å². The van der Waals surface area contributed by atoms with E-state index in [-0.39, 0.29) is 5.41 Å². The molecule has 7 aromatic rings. The second-order valence-electron chi connectivity index (χ2n) is 15.2. The summed E-state index contributed by atoms with van der Waals surface area (Å²) in [4.78, 5) is 24.9. The first-order valence-electron chi connectivity index (χ1n) is 18.8. The molecule has 55 heavy (non-hydrogen) atoms. The van der Waals surface area contributed by atoms with Gasteiger partial charge < -0.3 is 14.4 Å². The second-order valence-corrected chi connectivity index (χ2v) is 22.1. The minimum Gasteiger partial charge on any atom is -0.439 e. The van der Waals surface area contributed by atoms with Crippen LogP contribution in [0.15, 0.2) is 175 Å². The van der Waals surface area contributed by atoms with Gasteiger partial charge in [-0.2, -0.15) is 0 Å². The van der Waals surface area contributed by atoms with Gasteiger partial charge in [0.15, 0.2) is 8.07 Å². The van der Waals surface area contributed by atoms with Gasteiger partial charge in [0.2, 0.25) is 5.88 Å². The fraction of sp³-hybridized carbons (Fsp3) is 0.125. The molecule has 8 rings (SSSR count). The highest BCUT2D eigenvalue weighted by Gasteiger charge is 2.49. The molecule has 1 aliphatic rings. The summed E-state index contributed by atoms with van der Waals surface area (Å²) >= 11 is 0. The van der Waals surface area contributed by atoms with Crippen LogP contribution >= 0.6 is 0 Å². The molecule has 7 heteroatoms. The zero-order valence-electron chi connectivity index (χ0n) is 31.9. The topological polar surface area (TPSA) is 58.0 Å². The molecule has 5 nitrogen and oxygen atoms in total. The first-order chi connectivity index (χ1) is 26.7. The number of benzene rings is 6. The molecule has 1 aliphatic heterocycles. The van der Waals surface area contributed by atoms with Crippen molar-refractivity contribution in [1.29, 1.82) is 0 Å². The fourth-order valence-electron chi connectivity index (χ4n) is 8.16. The van der Waals surface area contributed by atoms with E-state index in [0.29, 0.717) is 16.9 Å². The van der Waals surface area contributed by atoms with Crippen LogP contribution in [0.1, 0.15) is 31.9 Å². The van der Waals surface area contributed by atoms with E-state index in [1.165, 1.54) is 26.3 Å². The van der Waals surface area contributed by atoms with Gasteiger partial charge in [-0.3, -0.25) is 4.99 Å². The van der Waals surface area contributed by atoms with Crippen LogP contribution in [0.3, 0.4) is 0 Å². The number of nitrogens with zero attached hydrogens (tertiary/aromatic N) is 3. The second kappa shape index (κ2) is 14.4. The summed E-state index contributed by atoms with van der Waals surface area (Å²) in [6.07, 6.45) is 1.92. The highest BCUT2D eigenvalue weighted by atomic mass is 28.4. The van der Waals surface area contributed by atoms with Gasteiger partial charge in [-0.1, -0.05) is 166 Å². The average molecular weight is 752 g/mol. The Morgan fingerprint density at radius 1 is 0.673 bits per heavy atom. The van der Waals surface area contributed by atoms with Crippen molar-refractivity contribution < 1.29 is 9.53 Å². The van der Waals surface area contributed by atoms with Crippen molar-refractivity contribution in [3.05, 3.63) is 181 Å². The van der Waals surface area contributed by atoms with Gasteiger partial charge in [-0.05, 0) is 66.7 Å². The summed E-state index contributed by atoms with van der Waals surface area (Å²) in [7, 11) is -4.55. The monoisotopic (exact) mass is 751 g/mol. The van der Waals surface area contributed by atoms with E-state index < -0.39 is 16.4 Å². The molecule has 0 fully saturated rings. The lowest BCUT2D eigenvalue weighted by Gasteiger charge is -2.44. The van der Waals surface area contributed by atoms with Crippen LogP contribution in [0.4, 0.5) is 11.4 Å². The Bertz CT molecular complexity index is 2410. The molecule has 0 aliphatic carbocycles. The number of para-hydroxylation sites is 1. The molecule has 0 spiro atoms. The van der Waals surface area contributed by atoms with E-state index in [1.54, 1.807) is 0 Å². The minimum absolute atomic E-state index is 0.236. The Kier molecular flexibility index (Phi) is 9.47. The van der Waals surface area contributed by atoms with E-state index in [1.807, 2.05) is 80.1 Å². The number of aryl methyl sites for hydroxylation is 1. The zero-order valence-corrected chi connectivity index (χ0v) is 33.9. The van der Waals surface area contributed by atoms with Gasteiger partial charge >= 0.3 is 8.32 Å². The molecule has 0 atom stereocenters. The maximum absolute atomic E-state index is 13.0. The van der Waals surface area contributed by atoms with Crippen molar-refractivity contribution >= 4 is 70.5 Å². The quantitative estimate of drug-likeness (QED) is 0.119. The first-order valence-corrected chi connectivity index (χ1v) is 22.7. The molecule has 0 bridgehead atoms. The lowest BCUT2D eigenvalue weighted by atomic mass is 9.88. The SMILES string of the molecule is CN=CN1c2cc(Oc3cc(C(C)(C)C)cc([Si](O)(c4ccccc4)c4ccccc4)n3)ccc2[Si](c2ccccc2)(c2ccccc2)c2cccc(C)c21. The molecule has 1 N–H and O–H groups in total. The minimum atomic E-state index is -3.53. The van der Waals surface area contributed by atoms with Crippen molar-refractivity contribution in [1.82, 2.24) is 4.98 Å². The third-order valence-electron chi connectivity index (χ3n) is 10.8. The molecule has 6 aromatic carbocycles. The summed E-state index contributed by atoms with van der Waals surface area (Å²) in [6.45, 7) is 8.72. The van der Waals surface area contributed by atoms with Crippen LogP contribution in [0.5, 0.6) is 11.6 Å².